The summed E-state index contributed by atoms with van der Waals surface area (Å²) >= 11 is 3.73. The van der Waals surface area contributed by atoms with E-state index >= 15 is 0 Å². The Bertz CT molecular complexity index is 422. The molecule has 1 aromatic rings. The molecule has 1 unspecified atom stereocenters. The fourth-order valence-corrected chi connectivity index (χ4v) is 3.54. The van der Waals surface area contributed by atoms with E-state index in [1.807, 2.05) is 7.05 Å². The lowest BCUT2D eigenvalue weighted by molar-refractivity contribution is 0.328. The fourth-order valence-electron chi connectivity index (χ4n) is 2.82. The third-order valence-corrected chi connectivity index (χ3v) is 4.39. The molecule has 1 fully saturated rings. The van der Waals surface area contributed by atoms with Crippen molar-refractivity contribution in [1.29, 1.82) is 0 Å². The van der Waals surface area contributed by atoms with E-state index in [-0.39, 0.29) is 0 Å². The topological polar surface area (TPSA) is 18.5 Å². The van der Waals surface area contributed by atoms with Gasteiger partial charge >= 0.3 is 0 Å². The third kappa shape index (κ3) is 3.71. The van der Waals surface area contributed by atoms with E-state index in [1.165, 1.54) is 28.7 Å². The molecular weight excluding hydrogens is 302 g/mol. The molecule has 2 rings (SSSR count). The Balaban J connectivity index is 2.27. The Labute approximate surface area is 125 Å². The number of anilines is 1. The summed E-state index contributed by atoms with van der Waals surface area (Å²) in [5.41, 5.74) is 2.62. The average Bonchev–Trinajstić information content (AvgIpc) is 2.52. The van der Waals surface area contributed by atoms with Crippen LogP contribution >= 0.6 is 15.9 Å². The molecule has 19 heavy (non-hydrogen) atoms. The van der Waals surface area contributed by atoms with Crippen LogP contribution in [0.25, 0.3) is 0 Å². The van der Waals surface area contributed by atoms with Crippen molar-refractivity contribution in [2.45, 2.75) is 19.4 Å². The predicted octanol–water partition coefficient (Wildman–Crippen LogP) is 2.49. The number of hydrogen-bond acceptors (Lipinski definition) is 3. The number of rotatable bonds is 3. The van der Waals surface area contributed by atoms with E-state index < -0.39 is 0 Å². The molecule has 1 aliphatic rings. The number of hydrogen-bond donors (Lipinski definition) is 1. The highest BCUT2D eigenvalue weighted by molar-refractivity contribution is 9.10. The minimum atomic E-state index is 0.525. The second kappa shape index (κ2) is 6.73. The van der Waals surface area contributed by atoms with Gasteiger partial charge in [0.1, 0.15) is 0 Å². The average molecular weight is 326 g/mol. The Hall–Kier alpha value is -0.580. The van der Waals surface area contributed by atoms with Crippen LogP contribution in [0.1, 0.15) is 12.0 Å². The zero-order valence-electron chi connectivity index (χ0n) is 12.1. The molecule has 0 aromatic heterocycles. The second-order valence-electron chi connectivity index (χ2n) is 5.48. The predicted molar refractivity (Wildman–Crippen MR) is 86.1 cm³/mol. The van der Waals surface area contributed by atoms with Gasteiger partial charge in [0.05, 0.1) is 11.7 Å². The van der Waals surface area contributed by atoms with Crippen LogP contribution in [0.3, 0.4) is 0 Å². The van der Waals surface area contributed by atoms with Crippen molar-refractivity contribution in [2.24, 2.45) is 0 Å². The van der Waals surface area contributed by atoms with Crippen molar-refractivity contribution in [3.63, 3.8) is 0 Å². The van der Waals surface area contributed by atoms with Gasteiger partial charge in [-0.05, 0) is 67.6 Å². The molecule has 0 amide bonds. The summed E-state index contributed by atoms with van der Waals surface area (Å²) in [5.74, 6) is 0. The van der Waals surface area contributed by atoms with Gasteiger partial charge in [0.15, 0.2) is 0 Å². The van der Waals surface area contributed by atoms with Gasteiger partial charge in [-0.1, -0.05) is 6.07 Å². The fraction of sp³-hybridized carbons (Fsp3) is 0.600. The van der Waals surface area contributed by atoms with Crippen molar-refractivity contribution < 1.29 is 0 Å². The Kier molecular flexibility index (Phi) is 5.25. The van der Waals surface area contributed by atoms with Crippen molar-refractivity contribution in [3.8, 4) is 0 Å². The van der Waals surface area contributed by atoms with Gasteiger partial charge in [-0.25, -0.2) is 0 Å². The standard InChI is InChI=1S/C15H24BrN3/c1-12-5-6-15(14(16)9-12)19-8-4-7-18(3)11-13(19)10-17-2/h5-6,9,13,17H,4,7-8,10-11H2,1-3H3. The molecule has 106 valence electrons. The number of nitrogens with one attached hydrogen (secondary N) is 1. The first-order chi connectivity index (χ1) is 9.11. The van der Waals surface area contributed by atoms with Crippen LogP contribution in [0.15, 0.2) is 22.7 Å². The molecule has 0 radical (unpaired) electrons. The van der Waals surface area contributed by atoms with Crippen LogP contribution in [0.4, 0.5) is 5.69 Å². The summed E-state index contributed by atoms with van der Waals surface area (Å²) in [6.45, 7) is 6.57. The van der Waals surface area contributed by atoms with Gasteiger partial charge in [-0.3, -0.25) is 0 Å². The first-order valence-corrected chi connectivity index (χ1v) is 7.77. The van der Waals surface area contributed by atoms with Gasteiger partial charge in [0, 0.05) is 24.1 Å². The van der Waals surface area contributed by atoms with Crippen LogP contribution in [0, 0.1) is 6.92 Å². The van der Waals surface area contributed by atoms with Crippen LogP contribution in [0.5, 0.6) is 0 Å². The molecule has 0 bridgehead atoms. The molecule has 1 aromatic carbocycles. The lowest BCUT2D eigenvalue weighted by Crippen LogP contribution is -2.46. The third-order valence-electron chi connectivity index (χ3n) is 3.75. The lowest BCUT2D eigenvalue weighted by Gasteiger charge is -2.33. The summed E-state index contributed by atoms with van der Waals surface area (Å²) in [6, 6.07) is 7.18. The van der Waals surface area contributed by atoms with Gasteiger partial charge in [-0.15, -0.1) is 0 Å². The van der Waals surface area contributed by atoms with E-state index in [0.717, 1.165) is 19.6 Å². The molecule has 1 saturated heterocycles. The number of halogens is 1. The van der Waals surface area contributed by atoms with E-state index in [2.05, 4.69) is 63.2 Å². The second-order valence-corrected chi connectivity index (χ2v) is 6.33. The minimum Gasteiger partial charge on any atom is -0.365 e. The minimum absolute atomic E-state index is 0.525. The first kappa shape index (κ1) is 14.8. The smallest absolute Gasteiger partial charge is 0.0541 e. The Morgan fingerprint density at radius 3 is 2.84 bits per heavy atom. The number of aryl methyl sites for hydroxylation is 1. The largest absolute Gasteiger partial charge is 0.365 e. The van der Waals surface area contributed by atoms with Gasteiger partial charge in [0.2, 0.25) is 0 Å². The van der Waals surface area contributed by atoms with E-state index in [9.17, 15) is 0 Å². The van der Waals surface area contributed by atoms with Crippen LogP contribution in [-0.2, 0) is 0 Å². The molecule has 1 aliphatic heterocycles. The number of benzene rings is 1. The monoisotopic (exact) mass is 325 g/mol. The van der Waals surface area contributed by atoms with Crippen LogP contribution in [-0.4, -0.2) is 51.2 Å². The summed E-state index contributed by atoms with van der Waals surface area (Å²) in [5, 5.41) is 3.33. The van der Waals surface area contributed by atoms with E-state index in [1.54, 1.807) is 0 Å². The highest BCUT2D eigenvalue weighted by atomic mass is 79.9. The van der Waals surface area contributed by atoms with E-state index in [0.29, 0.717) is 6.04 Å². The maximum absolute atomic E-state index is 3.73. The maximum Gasteiger partial charge on any atom is 0.0541 e. The molecule has 0 spiro atoms. The number of nitrogens with zero attached hydrogens (tertiary/aromatic N) is 2. The zero-order chi connectivity index (χ0) is 13.8. The summed E-state index contributed by atoms with van der Waals surface area (Å²) in [7, 11) is 4.25. The van der Waals surface area contributed by atoms with Crippen molar-refractivity contribution in [2.75, 3.05) is 45.2 Å². The normalized spacial score (nSPS) is 21.5. The summed E-state index contributed by atoms with van der Waals surface area (Å²) < 4.78 is 1.21. The molecule has 0 saturated carbocycles. The lowest BCUT2D eigenvalue weighted by atomic mass is 10.1. The van der Waals surface area contributed by atoms with Crippen LogP contribution in [0.2, 0.25) is 0 Å². The molecular formula is C15H24BrN3. The summed E-state index contributed by atoms with van der Waals surface area (Å²) in [4.78, 5) is 4.98. The van der Waals surface area contributed by atoms with Crippen LogP contribution < -0.4 is 10.2 Å². The van der Waals surface area contributed by atoms with Crippen molar-refractivity contribution in [3.05, 3.63) is 28.2 Å². The van der Waals surface area contributed by atoms with Crippen molar-refractivity contribution >= 4 is 21.6 Å². The molecule has 3 nitrogen and oxygen atoms in total. The molecule has 1 atom stereocenters. The van der Waals surface area contributed by atoms with Crippen molar-refractivity contribution in [1.82, 2.24) is 10.2 Å². The van der Waals surface area contributed by atoms with Gasteiger partial charge < -0.3 is 15.1 Å². The zero-order valence-corrected chi connectivity index (χ0v) is 13.7. The molecule has 4 heteroatoms. The molecule has 1 heterocycles. The molecule has 0 aliphatic carbocycles. The van der Waals surface area contributed by atoms with E-state index in [4.69, 9.17) is 0 Å². The number of likely N-dealkylation sites (N-methyl/N-ethyl adjacent to an activating group) is 2. The first-order valence-electron chi connectivity index (χ1n) is 6.97. The van der Waals surface area contributed by atoms with Gasteiger partial charge in [0.25, 0.3) is 0 Å². The molecule has 1 N–H and O–H groups in total. The van der Waals surface area contributed by atoms with Gasteiger partial charge in [-0.2, -0.15) is 0 Å². The quantitative estimate of drug-likeness (QED) is 0.921. The Morgan fingerprint density at radius 1 is 1.37 bits per heavy atom. The Morgan fingerprint density at radius 2 is 2.16 bits per heavy atom. The maximum atomic E-state index is 3.73. The highest BCUT2D eigenvalue weighted by Gasteiger charge is 2.24. The highest BCUT2D eigenvalue weighted by Crippen LogP contribution is 2.29. The summed E-state index contributed by atoms with van der Waals surface area (Å²) in [6.07, 6.45) is 1.22. The SMILES string of the molecule is CNCC1CN(C)CCCN1c1ccc(C)cc1Br.